The molecule has 0 unspecified atom stereocenters. The Morgan fingerprint density at radius 1 is 1.25 bits per heavy atom. The number of hydrogen-bond acceptors (Lipinski definition) is 4. The van der Waals surface area contributed by atoms with E-state index in [9.17, 15) is 14.0 Å². The first kappa shape index (κ1) is 20.2. The molecule has 0 aliphatic heterocycles. The molecule has 0 bridgehead atoms. The SMILES string of the molecule is CC(=O)N(c1nc(/C=C/C(=O)NC2CCC(C)CC2)cs1)c1ccccc1F. The highest BCUT2D eigenvalue weighted by molar-refractivity contribution is 7.14. The first-order chi connectivity index (χ1) is 13.4. The number of amides is 2. The molecule has 1 saturated carbocycles. The van der Waals surface area contributed by atoms with Crippen LogP contribution < -0.4 is 10.2 Å². The molecule has 0 spiro atoms. The minimum Gasteiger partial charge on any atom is -0.350 e. The number of hydrogen-bond donors (Lipinski definition) is 1. The van der Waals surface area contributed by atoms with E-state index in [-0.39, 0.29) is 23.5 Å². The number of carbonyl (C=O) groups is 2. The average Bonchev–Trinajstić information content (AvgIpc) is 3.12. The molecule has 1 aliphatic rings. The van der Waals surface area contributed by atoms with Crippen molar-refractivity contribution in [3.8, 4) is 0 Å². The van der Waals surface area contributed by atoms with Crippen LogP contribution in [0.25, 0.3) is 6.08 Å². The van der Waals surface area contributed by atoms with Gasteiger partial charge in [-0.25, -0.2) is 9.37 Å². The zero-order chi connectivity index (χ0) is 20.1. The third-order valence-electron chi connectivity index (χ3n) is 4.88. The topological polar surface area (TPSA) is 62.3 Å². The Labute approximate surface area is 168 Å². The first-order valence-corrected chi connectivity index (χ1v) is 10.3. The Morgan fingerprint density at radius 3 is 2.64 bits per heavy atom. The predicted octanol–water partition coefficient (Wildman–Crippen LogP) is 4.67. The van der Waals surface area contributed by atoms with Crippen molar-refractivity contribution in [3.63, 3.8) is 0 Å². The van der Waals surface area contributed by atoms with Gasteiger partial charge < -0.3 is 5.32 Å². The molecular weight excluding hydrogens is 377 g/mol. The van der Waals surface area contributed by atoms with Gasteiger partial charge in [0.05, 0.1) is 11.4 Å². The van der Waals surface area contributed by atoms with Crippen molar-refractivity contribution in [2.45, 2.75) is 45.6 Å². The summed E-state index contributed by atoms with van der Waals surface area (Å²) in [6, 6.07) is 6.30. The predicted molar refractivity (Wildman–Crippen MR) is 110 cm³/mol. The van der Waals surface area contributed by atoms with Crippen LogP contribution in [0.4, 0.5) is 15.2 Å². The second-order valence-corrected chi connectivity index (χ2v) is 8.00. The molecule has 28 heavy (non-hydrogen) atoms. The fraction of sp³-hybridized carbons (Fsp3) is 0.381. The van der Waals surface area contributed by atoms with Gasteiger partial charge in [0.2, 0.25) is 11.8 Å². The summed E-state index contributed by atoms with van der Waals surface area (Å²) in [7, 11) is 0. The molecule has 3 rings (SSSR count). The number of anilines is 2. The number of rotatable bonds is 5. The molecule has 5 nitrogen and oxygen atoms in total. The monoisotopic (exact) mass is 401 g/mol. The summed E-state index contributed by atoms with van der Waals surface area (Å²) >= 11 is 1.22. The van der Waals surface area contributed by atoms with Gasteiger partial charge in [0.15, 0.2) is 5.13 Å². The van der Waals surface area contributed by atoms with Crippen molar-refractivity contribution in [2.75, 3.05) is 4.90 Å². The van der Waals surface area contributed by atoms with E-state index in [0.29, 0.717) is 10.8 Å². The lowest BCUT2D eigenvalue weighted by Crippen LogP contribution is -2.36. The van der Waals surface area contributed by atoms with Crippen LogP contribution in [0.2, 0.25) is 0 Å². The number of nitrogens with zero attached hydrogens (tertiary/aromatic N) is 2. The molecule has 2 aromatic rings. The van der Waals surface area contributed by atoms with Gasteiger partial charge in [-0.2, -0.15) is 0 Å². The molecule has 0 saturated heterocycles. The maximum Gasteiger partial charge on any atom is 0.244 e. The highest BCUT2D eigenvalue weighted by atomic mass is 32.1. The maximum absolute atomic E-state index is 14.1. The van der Waals surface area contributed by atoms with Gasteiger partial charge in [-0.15, -0.1) is 11.3 Å². The van der Waals surface area contributed by atoms with E-state index in [1.54, 1.807) is 23.6 Å². The summed E-state index contributed by atoms with van der Waals surface area (Å²) in [5.41, 5.74) is 0.708. The number of nitrogens with one attached hydrogen (secondary N) is 1. The first-order valence-electron chi connectivity index (χ1n) is 9.43. The third kappa shape index (κ3) is 5.04. The lowest BCUT2D eigenvalue weighted by Gasteiger charge is -2.26. The Bertz CT molecular complexity index is 872. The van der Waals surface area contributed by atoms with Crippen molar-refractivity contribution >= 4 is 40.0 Å². The normalized spacial score (nSPS) is 19.5. The van der Waals surface area contributed by atoms with Crippen molar-refractivity contribution in [1.29, 1.82) is 0 Å². The van der Waals surface area contributed by atoms with Gasteiger partial charge in [0.1, 0.15) is 5.82 Å². The van der Waals surface area contributed by atoms with Gasteiger partial charge >= 0.3 is 0 Å². The van der Waals surface area contributed by atoms with Crippen LogP contribution in [0.3, 0.4) is 0 Å². The van der Waals surface area contributed by atoms with Crippen molar-refractivity contribution < 1.29 is 14.0 Å². The molecule has 1 aliphatic carbocycles. The summed E-state index contributed by atoms with van der Waals surface area (Å²) in [5.74, 6) is -0.243. The standard InChI is InChI=1S/C21H24FN3O2S/c1-14-7-9-16(10-8-14)23-20(27)12-11-17-13-28-21(24-17)25(15(2)26)19-6-4-3-5-18(19)22/h3-6,11-14,16H,7-10H2,1-2H3,(H,23,27)/b12-11+. The van der Waals surface area contributed by atoms with E-state index in [0.717, 1.165) is 31.6 Å². The zero-order valence-corrected chi connectivity index (χ0v) is 16.8. The number of thiazole rings is 1. The molecule has 2 amide bonds. The van der Waals surface area contributed by atoms with Crippen LogP contribution in [0, 0.1) is 11.7 Å². The maximum atomic E-state index is 14.1. The van der Waals surface area contributed by atoms with Crippen LogP contribution >= 0.6 is 11.3 Å². The minimum atomic E-state index is -0.494. The van der Waals surface area contributed by atoms with Crippen LogP contribution in [-0.4, -0.2) is 22.8 Å². The van der Waals surface area contributed by atoms with E-state index >= 15 is 0 Å². The Morgan fingerprint density at radius 2 is 1.96 bits per heavy atom. The fourth-order valence-corrected chi connectivity index (χ4v) is 4.16. The smallest absolute Gasteiger partial charge is 0.244 e. The quantitative estimate of drug-likeness (QED) is 0.740. The summed E-state index contributed by atoms with van der Waals surface area (Å²) < 4.78 is 14.1. The second kappa shape index (κ2) is 9.10. The molecule has 0 radical (unpaired) electrons. The molecule has 7 heteroatoms. The molecule has 1 aromatic heterocycles. The van der Waals surface area contributed by atoms with Crippen LogP contribution in [0.15, 0.2) is 35.7 Å². The number of para-hydroxylation sites is 1. The highest BCUT2D eigenvalue weighted by Gasteiger charge is 2.21. The van der Waals surface area contributed by atoms with E-state index in [1.807, 2.05) is 0 Å². The summed E-state index contributed by atoms with van der Waals surface area (Å²) in [6.07, 6.45) is 7.37. The molecule has 1 aromatic carbocycles. The third-order valence-corrected chi connectivity index (χ3v) is 5.72. The van der Waals surface area contributed by atoms with E-state index in [4.69, 9.17) is 0 Å². The minimum absolute atomic E-state index is 0.147. The van der Waals surface area contributed by atoms with E-state index in [2.05, 4.69) is 17.2 Å². The summed E-state index contributed by atoms with van der Waals surface area (Å²) in [4.78, 5) is 29.8. The van der Waals surface area contributed by atoms with Crippen LogP contribution in [0.5, 0.6) is 0 Å². The lowest BCUT2D eigenvalue weighted by atomic mass is 9.87. The molecule has 1 fully saturated rings. The molecular formula is C21H24FN3O2S. The largest absolute Gasteiger partial charge is 0.350 e. The number of benzene rings is 1. The van der Waals surface area contributed by atoms with Crippen LogP contribution in [-0.2, 0) is 9.59 Å². The summed E-state index contributed by atoms with van der Waals surface area (Å²) in [6.45, 7) is 3.60. The average molecular weight is 402 g/mol. The lowest BCUT2D eigenvalue weighted by molar-refractivity contribution is -0.117. The molecule has 1 N–H and O–H groups in total. The van der Waals surface area contributed by atoms with E-state index < -0.39 is 5.82 Å². The molecule has 0 atom stereocenters. The number of halogens is 1. The van der Waals surface area contributed by atoms with Crippen LogP contribution in [0.1, 0.15) is 45.2 Å². The zero-order valence-electron chi connectivity index (χ0n) is 16.0. The van der Waals surface area contributed by atoms with Gasteiger partial charge in [-0.3, -0.25) is 14.5 Å². The molecule has 148 valence electrons. The Kier molecular flexibility index (Phi) is 6.57. The molecule has 1 heterocycles. The fourth-order valence-electron chi connectivity index (χ4n) is 3.31. The second-order valence-electron chi connectivity index (χ2n) is 7.16. The van der Waals surface area contributed by atoms with Crippen molar-refractivity contribution in [3.05, 3.63) is 47.2 Å². The van der Waals surface area contributed by atoms with Gasteiger partial charge in [-0.1, -0.05) is 19.1 Å². The van der Waals surface area contributed by atoms with E-state index in [1.165, 1.54) is 41.4 Å². The number of aromatic nitrogens is 1. The van der Waals surface area contributed by atoms with Crippen molar-refractivity contribution in [2.24, 2.45) is 5.92 Å². The highest BCUT2D eigenvalue weighted by Crippen LogP contribution is 2.31. The Balaban J connectivity index is 1.67. The van der Waals surface area contributed by atoms with Crippen molar-refractivity contribution in [1.82, 2.24) is 10.3 Å². The Hall–Kier alpha value is -2.54. The summed E-state index contributed by atoms with van der Waals surface area (Å²) in [5, 5.41) is 5.12. The van der Waals surface area contributed by atoms with Gasteiger partial charge in [-0.05, 0) is 49.8 Å². The van der Waals surface area contributed by atoms with Gasteiger partial charge in [0, 0.05) is 24.4 Å². The van der Waals surface area contributed by atoms with Gasteiger partial charge in [0.25, 0.3) is 0 Å². The number of carbonyl (C=O) groups excluding carboxylic acids is 2.